The number of likely N-dealkylation sites (tertiary alicyclic amines) is 1. The zero-order valence-electron chi connectivity index (χ0n) is 14.8. The Bertz CT molecular complexity index is 968. The number of piperidine rings is 1. The van der Waals surface area contributed by atoms with Gasteiger partial charge in [-0.3, -0.25) is 4.90 Å². The minimum atomic E-state index is -0.806. The highest BCUT2D eigenvalue weighted by Crippen LogP contribution is 2.28. The molecular formula is C18H19BrF2N6. The summed E-state index contributed by atoms with van der Waals surface area (Å²) in [5, 5.41) is 8.73. The molecule has 3 heterocycles. The summed E-state index contributed by atoms with van der Waals surface area (Å²) < 4.78 is 28.9. The predicted molar refractivity (Wildman–Crippen MR) is 102 cm³/mol. The molecule has 1 aliphatic rings. The number of nitrogens with zero attached hydrogens (tertiary/aromatic N) is 5. The summed E-state index contributed by atoms with van der Waals surface area (Å²) >= 11 is 3.47. The highest BCUT2D eigenvalue weighted by Gasteiger charge is 2.22. The Labute approximate surface area is 163 Å². The minimum absolute atomic E-state index is 0.288. The molecule has 27 heavy (non-hydrogen) atoms. The molecule has 0 unspecified atom stereocenters. The van der Waals surface area contributed by atoms with Crippen LogP contribution in [-0.4, -0.2) is 43.8 Å². The largest absolute Gasteiger partial charge is 0.366 e. The highest BCUT2D eigenvalue weighted by molar-refractivity contribution is 9.10. The average Bonchev–Trinajstić information content (AvgIpc) is 2.95. The van der Waals surface area contributed by atoms with Gasteiger partial charge >= 0.3 is 0 Å². The van der Waals surface area contributed by atoms with E-state index in [1.54, 1.807) is 10.7 Å². The first-order valence-corrected chi connectivity index (χ1v) is 9.56. The molecule has 4 rings (SSSR count). The van der Waals surface area contributed by atoms with Crippen LogP contribution >= 0.6 is 15.9 Å². The molecule has 1 aliphatic heterocycles. The Kier molecular flexibility index (Phi) is 5.05. The van der Waals surface area contributed by atoms with Gasteiger partial charge < -0.3 is 5.32 Å². The van der Waals surface area contributed by atoms with Crippen molar-refractivity contribution in [1.29, 1.82) is 0 Å². The zero-order chi connectivity index (χ0) is 19.0. The van der Waals surface area contributed by atoms with E-state index in [9.17, 15) is 8.78 Å². The van der Waals surface area contributed by atoms with Crippen LogP contribution < -0.4 is 5.32 Å². The van der Waals surface area contributed by atoms with Crippen molar-refractivity contribution < 1.29 is 8.78 Å². The van der Waals surface area contributed by atoms with Gasteiger partial charge in [0.15, 0.2) is 17.3 Å². The maximum Gasteiger partial charge on any atom is 0.164 e. The third-order valence-electron chi connectivity index (χ3n) is 4.90. The van der Waals surface area contributed by atoms with Gasteiger partial charge in [-0.15, -0.1) is 0 Å². The van der Waals surface area contributed by atoms with E-state index in [1.165, 1.54) is 18.5 Å². The first-order chi connectivity index (χ1) is 13.0. The Morgan fingerprint density at radius 1 is 1.19 bits per heavy atom. The number of anilines is 1. The SMILES string of the molecule is Cn1nc(Br)c2c(NC3CCN(Cc4ccc(F)c(F)c4)CC3)ncnc21. The van der Waals surface area contributed by atoms with Gasteiger partial charge in [-0.05, 0) is 46.5 Å². The lowest BCUT2D eigenvalue weighted by atomic mass is 10.0. The monoisotopic (exact) mass is 436 g/mol. The molecule has 1 N–H and O–H groups in total. The lowest BCUT2D eigenvalue weighted by molar-refractivity contribution is 0.211. The van der Waals surface area contributed by atoms with Gasteiger partial charge in [0.25, 0.3) is 0 Å². The quantitative estimate of drug-likeness (QED) is 0.678. The van der Waals surface area contributed by atoms with Gasteiger partial charge in [0.2, 0.25) is 0 Å². The number of nitrogens with one attached hydrogen (secondary N) is 1. The van der Waals surface area contributed by atoms with E-state index in [2.05, 4.69) is 41.2 Å². The fraction of sp³-hybridized carbons (Fsp3) is 0.389. The fourth-order valence-corrected chi connectivity index (χ4v) is 4.08. The molecule has 6 nitrogen and oxygen atoms in total. The Balaban J connectivity index is 1.39. The third kappa shape index (κ3) is 3.79. The number of halogens is 3. The number of fused-ring (bicyclic) bond motifs is 1. The second-order valence-corrected chi connectivity index (χ2v) is 7.53. The van der Waals surface area contributed by atoms with E-state index in [0.717, 1.165) is 52.9 Å². The van der Waals surface area contributed by atoms with Gasteiger partial charge in [-0.2, -0.15) is 5.10 Å². The fourth-order valence-electron chi connectivity index (χ4n) is 3.48. The van der Waals surface area contributed by atoms with E-state index in [0.29, 0.717) is 6.54 Å². The van der Waals surface area contributed by atoms with Gasteiger partial charge in [0.05, 0.1) is 5.39 Å². The first-order valence-electron chi connectivity index (χ1n) is 8.77. The van der Waals surface area contributed by atoms with Crippen molar-refractivity contribution in [3.8, 4) is 0 Å². The van der Waals surface area contributed by atoms with Gasteiger partial charge in [-0.1, -0.05) is 6.07 Å². The van der Waals surface area contributed by atoms with Crippen molar-refractivity contribution in [2.45, 2.75) is 25.4 Å². The van der Waals surface area contributed by atoms with Crippen LogP contribution in [0.15, 0.2) is 29.1 Å². The molecular weight excluding hydrogens is 418 g/mol. The number of hydrogen-bond donors (Lipinski definition) is 1. The van der Waals surface area contributed by atoms with Crippen LogP contribution in [-0.2, 0) is 13.6 Å². The van der Waals surface area contributed by atoms with Crippen molar-refractivity contribution in [1.82, 2.24) is 24.6 Å². The Hall–Kier alpha value is -2.13. The summed E-state index contributed by atoms with van der Waals surface area (Å²) in [5.41, 5.74) is 1.56. The second kappa shape index (κ2) is 7.47. The summed E-state index contributed by atoms with van der Waals surface area (Å²) in [6.07, 6.45) is 3.41. The minimum Gasteiger partial charge on any atom is -0.366 e. The lowest BCUT2D eigenvalue weighted by Crippen LogP contribution is -2.38. The van der Waals surface area contributed by atoms with Gasteiger partial charge in [0.1, 0.15) is 16.7 Å². The highest BCUT2D eigenvalue weighted by atomic mass is 79.9. The van der Waals surface area contributed by atoms with E-state index >= 15 is 0 Å². The Morgan fingerprint density at radius 2 is 1.96 bits per heavy atom. The average molecular weight is 437 g/mol. The molecule has 3 aromatic rings. The maximum atomic E-state index is 13.4. The molecule has 142 valence electrons. The van der Waals surface area contributed by atoms with Crippen molar-refractivity contribution in [3.05, 3.63) is 46.3 Å². The first kappa shape index (κ1) is 18.2. The van der Waals surface area contributed by atoms with E-state index in [4.69, 9.17) is 0 Å². The molecule has 0 aliphatic carbocycles. The Morgan fingerprint density at radius 3 is 2.70 bits per heavy atom. The molecule has 0 atom stereocenters. The number of aromatic nitrogens is 4. The summed E-state index contributed by atoms with van der Waals surface area (Å²) in [6, 6.07) is 4.39. The van der Waals surface area contributed by atoms with Gasteiger partial charge in [0, 0.05) is 32.7 Å². The molecule has 1 fully saturated rings. The van der Waals surface area contributed by atoms with Crippen LogP contribution in [0.4, 0.5) is 14.6 Å². The number of aryl methyl sites for hydroxylation is 1. The van der Waals surface area contributed by atoms with Crippen LogP contribution in [0, 0.1) is 11.6 Å². The smallest absolute Gasteiger partial charge is 0.164 e. The van der Waals surface area contributed by atoms with Gasteiger partial charge in [-0.25, -0.2) is 23.4 Å². The topological polar surface area (TPSA) is 58.9 Å². The zero-order valence-corrected chi connectivity index (χ0v) is 16.4. The van der Waals surface area contributed by atoms with Crippen LogP contribution in [0.5, 0.6) is 0 Å². The van der Waals surface area contributed by atoms with Crippen molar-refractivity contribution >= 4 is 32.8 Å². The summed E-state index contributed by atoms with van der Waals surface area (Å²) in [5.74, 6) is -0.822. The maximum absolute atomic E-state index is 13.4. The van der Waals surface area contributed by atoms with Crippen LogP contribution in [0.25, 0.3) is 11.0 Å². The summed E-state index contributed by atoms with van der Waals surface area (Å²) in [7, 11) is 1.85. The van der Waals surface area contributed by atoms with E-state index in [1.807, 2.05) is 7.05 Å². The molecule has 1 aromatic carbocycles. The summed E-state index contributed by atoms with van der Waals surface area (Å²) in [4.78, 5) is 10.9. The molecule has 2 aromatic heterocycles. The summed E-state index contributed by atoms with van der Waals surface area (Å²) in [6.45, 7) is 2.37. The molecule has 0 bridgehead atoms. The normalized spacial score (nSPS) is 16.1. The molecule has 0 saturated carbocycles. The van der Waals surface area contributed by atoms with Crippen LogP contribution in [0.2, 0.25) is 0 Å². The second-order valence-electron chi connectivity index (χ2n) is 6.78. The lowest BCUT2D eigenvalue weighted by Gasteiger charge is -2.32. The van der Waals surface area contributed by atoms with E-state index < -0.39 is 11.6 Å². The molecule has 1 saturated heterocycles. The van der Waals surface area contributed by atoms with Crippen LogP contribution in [0.3, 0.4) is 0 Å². The molecule has 0 amide bonds. The van der Waals surface area contributed by atoms with Crippen molar-refractivity contribution in [2.75, 3.05) is 18.4 Å². The standard InChI is InChI=1S/C18H19BrF2N6/c1-26-18-15(16(19)25-26)17(22-10-23-18)24-12-4-6-27(7-5-12)9-11-2-3-13(20)14(21)8-11/h2-3,8,10,12H,4-7,9H2,1H3,(H,22,23,24). The van der Waals surface area contributed by atoms with Crippen LogP contribution in [0.1, 0.15) is 18.4 Å². The molecule has 0 radical (unpaired) electrons. The van der Waals surface area contributed by atoms with Crippen molar-refractivity contribution in [3.63, 3.8) is 0 Å². The number of hydrogen-bond acceptors (Lipinski definition) is 5. The molecule has 9 heteroatoms. The van der Waals surface area contributed by atoms with Crippen molar-refractivity contribution in [2.24, 2.45) is 7.05 Å². The number of rotatable bonds is 4. The third-order valence-corrected chi connectivity index (χ3v) is 5.45. The molecule has 0 spiro atoms. The number of benzene rings is 1. The van der Waals surface area contributed by atoms with E-state index in [-0.39, 0.29) is 6.04 Å². The predicted octanol–water partition coefficient (Wildman–Crippen LogP) is 3.48.